The van der Waals surface area contributed by atoms with Crippen LogP contribution in [0.15, 0.2) is 60.9 Å². The first-order valence-corrected chi connectivity index (χ1v) is 8.14. The molecule has 6 heteroatoms. The third-order valence-electron chi connectivity index (χ3n) is 4.14. The molecule has 0 unspecified atom stereocenters. The van der Waals surface area contributed by atoms with Gasteiger partial charge >= 0.3 is 0 Å². The van der Waals surface area contributed by atoms with E-state index >= 15 is 0 Å². The van der Waals surface area contributed by atoms with Crippen molar-refractivity contribution in [1.29, 1.82) is 0 Å². The SMILES string of the molecule is O=C(c1c(F)cccc1F)c1c[nH]c2ncc(-c3ccc(Cl)cc3)cc12. The highest BCUT2D eigenvalue weighted by Crippen LogP contribution is 2.28. The molecule has 0 saturated carbocycles. The van der Waals surface area contributed by atoms with Gasteiger partial charge < -0.3 is 4.98 Å². The van der Waals surface area contributed by atoms with Crippen LogP contribution < -0.4 is 0 Å². The number of ketones is 1. The lowest BCUT2D eigenvalue weighted by Gasteiger charge is -2.05. The fraction of sp³-hybridized carbons (Fsp3) is 0. The molecular weight excluding hydrogens is 358 g/mol. The van der Waals surface area contributed by atoms with Crippen LogP contribution in [-0.4, -0.2) is 15.8 Å². The number of benzene rings is 2. The van der Waals surface area contributed by atoms with Crippen LogP contribution in [0.4, 0.5) is 8.78 Å². The Morgan fingerprint density at radius 3 is 2.38 bits per heavy atom. The molecule has 128 valence electrons. The number of hydrogen-bond donors (Lipinski definition) is 1. The van der Waals surface area contributed by atoms with Crippen molar-refractivity contribution in [3.63, 3.8) is 0 Å². The minimum Gasteiger partial charge on any atom is -0.345 e. The second kappa shape index (κ2) is 6.35. The van der Waals surface area contributed by atoms with Gasteiger partial charge in [0.1, 0.15) is 17.3 Å². The fourth-order valence-corrected chi connectivity index (χ4v) is 2.97. The van der Waals surface area contributed by atoms with Crippen LogP contribution >= 0.6 is 11.6 Å². The van der Waals surface area contributed by atoms with Crippen LogP contribution in [0.25, 0.3) is 22.2 Å². The third kappa shape index (κ3) is 2.76. The zero-order valence-corrected chi connectivity index (χ0v) is 14.0. The molecule has 0 saturated heterocycles. The Bertz CT molecular complexity index is 1120. The molecular formula is C20H11ClF2N2O. The molecule has 0 aliphatic heterocycles. The summed E-state index contributed by atoms with van der Waals surface area (Å²) >= 11 is 5.90. The van der Waals surface area contributed by atoms with E-state index in [1.54, 1.807) is 24.4 Å². The van der Waals surface area contributed by atoms with Gasteiger partial charge in [0.25, 0.3) is 0 Å². The smallest absolute Gasteiger partial charge is 0.201 e. The summed E-state index contributed by atoms with van der Waals surface area (Å²) in [5, 5.41) is 1.10. The van der Waals surface area contributed by atoms with Crippen molar-refractivity contribution < 1.29 is 13.6 Å². The lowest BCUT2D eigenvalue weighted by atomic mass is 10.0. The van der Waals surface area contributed by atoms with Gasteiger partial charge in [0.2, 0.25) is 5.78 Å². The first-order chi connectivity index (χ1) is 12.5. The molecule has 0 radical (unpaired) electrons. The Hall–Kier alpha value is -3.05. The Morgan fingerprint density at radius 1 is 1.00 bits per heavy atom. The lowest BCUT2D eigenvalue weighted by molar-refractivity contribution is 0.103. The van der Waals surface area contributed by atoms with Gasteiger partial charge in [-0.25, -0.2) is 13.8 Å². The summed E-state index contributed by atoms with van der Waals surface area (Å²) in [6, 6.07) is 12.2. The Morgan fingerprint density at radius 2 is 1.69 bits per heavy atom. The van der Waals surface area contributed by atoms with E-state index in [1.807, 2.05) is 12.1 Å². The first-order valence-electron chi connectivity index (χ1n) is 7.76. The Kier molecular flexibility index (Phi) is 4.01. The maximum absolute atomic E-state index is 14.0. The molecule has 2 heterocycles. The highest BCUT2D eigenvalue weighted by atomic mass is 35.5. The monoisotopic (exact) mass is 368 g/mol. The molecule has 0 fully saturated rings. The number of aromatic amines is 1. The average molecular weight is 369 g/mol. The molecule has 1 N–H and O–H groups in total. The average Bonchev–Trinajstić information content (AvgIpc) is 3.05. The largest absolute Gasteiger partial charge is 0.345 e. The van der Waals surface area contributed by atoms with Crippen LogP contribution in [0.3, 0.4) is 0 Å². The van der Waals surface area contributed by atoms with Crippen molar-refractivity contribution in [3.8, 4) is 11.1 Å². The van der Waals surface area contributed by atoms with Crippen LogP contribution in [-0.2, 0) is 0 Å². The van der Waals surface area contributed by atoms with E-state index in [0.29, 0.717) is 16.1 Å². The summed E-state index contributed by atoms with van der Waals surface area (Å²) in [4.78, 5) is 19.9. The van der Waals surface area contributed by atoms with Crippen LogP contribution in [0.1, 0.15) is 15.9 Å². The summed E-state index contributed by atoms with van der Waals surface area (Å²) in [7, 11) is 0. The number of carbonyl (C=O) groups is 1. The van der Waals surface area contributed by atoms with Crippen molar-refractivity contribution in [1.82, 2.24) is 9.97 Å². The van der Waals surface area contributed by atoms with Crippen molar-refractivity contribution in [2.24, 2.45) is 0 Å². The topological polar surface area (TPSA) is 45.8 Å². The quantitative estimate of drug-likeness (QED) is 0.492. The molecule has 0 spiro atoms. The first kappa shape index (κ1) is 16.4. The van der Waals surface area contributed by atoms with Crippen molar-refractivity contribution in [3.05, 3.63) is 88.7 Å². The second-order valence-electron chi connectivity index (χ2n) is 5.76. The van der Waals surface area contributed by atoms with Gasteiger partial charge in [-0.2, -0.15) is 0 Å². The molecule has 0 amide bonds. The van der Waals surface area contributed by atoms with Crippen LogP contribution in [0.5, 0.6) is 0 Å². The van der Waals surface area contributed by atoms with Crippen molar-refractivity contribution in [2.75, 3.05) is 0 Å². The number of aromatic nitrogens is 2. The number of H-pyrrole nitrogens is 1. The summed E-state index contributed by atoms with van der Waals surface area (Å²) < 4.78 is 28.0. The van der Waals surface area contributed by atoms with Crippen molar-refractivity contribution >= 4 is 28.4 Å². The van der Waals surface area contributed by atoms with Gasteiger partial charge in [0, 0.05) is 33.9 Å². The molecule has 0 bridgehead atoms. The third-order valence-corrected chi connectivity index (χ3v) is 4.40. The van der Waals surface area contributed by atoms with Gasteiger partial charge in [-0.15, -0.1) is 0 Å². The number of nitrogens with zero attached hydrogens (tertiary/aromatic N) is 1. The van der Waals surface area contributed by atoms with E-state index in [1.165, 1.54) is 12.3 Å². The molecule has 0 aliphatic rings. The van der Waals surface area contributed by atoms with Gasteiger partial charge in [0.05, 0.1) is 5.56 Å². The fourth-order valence-electron chi connectivity index (χ4n) is 2.84. The van der Waals surface area contributed by atoms with Gasteiger partial charge in [0.15, 0.2) is 0 Å². The molecule has 3 nitrogen and oxygen atoms in total. The zero-order valence-electron chi connectivity index (χ0n) is 13.3. The predicted octanol–water partition coefficient (Wildman–Crippen LogP) is 5.39. The van der Waals surface area contributed by atoms with E-state index in [-0.39, 0.29) is 5.56 Å². The minimum absolute atomic E-state index is 0.160. The van der Waals surface area contributed by atoms with E-state index < -0.39 is 23.0 Å². The van der Waals surface area contributed by atoms with Gasteiger partial charge in [-0.1, -0.05) is 29.8 Å². The number of rotatable bonds is 3. The minimum atomic E-state index is -0.897. The van der Waals surface area contributed by atoms with Gasteiger partial charge in [-0.05, 0) is 35.9 Å². The number of carbonyl (C=O) groups excluding carboxylic acids is 1. The van der Waals surface area contributed by atoms with Gasteiger partial charge in [-0.3, -0.25) is 4.79 Å². The molecule has 26 heavy (non-hydrogen) atoms. The van der Waals surface area contributed by atoms with Crippen LogP contribution in [0, 0.1) is 11.6 Å². The van der Waals surface area contributed by atoms with Crippen LogP contribution in [0.2, 0.25) is 5.02 Å². The second-order valence-corrected chi connectivity index (χ2v) is 6.19. The molecule has 2 aromatic heterocycles. The molecule has 4 rings (SSSR count). The normalized spacial score (nSPS) is 11.0. The summed E-state index contributed by atoms with van der Waals surface area (Å²) in [6.07, 6.45) is 3.07. The van der Waals surface area contributed by atoms with E-state index in [0.717, 1.165) is 23.3 Å². The Balaban J connectivity index is 1.85. The zero-order chi connectivity index (χ0) is 18.3. The number of nitrogens with one attached hydrogen (secondary N) is 1. The number of halogens is 3. The predicted molar refractivity (Wildman–Crippen MR) is 96.3 cm³/mol. The van der Waals surface area contributed by atoms with E-state index in [4.69, 9.17) is 11.6 Å². The van der Waals surface area contributed by atoms with E-state index in [2.05, 4.69) is 9.97 Å². The summed E-state index contributed by atoms with van der Waals surface area (Å²) in [6.45, 7) is 0. The Labute approximate surface area is 152 Å². The highest BCUT2D eigenvalue weighted by molar-refractivity contribution is 6.30. The summed E-state index contributed by atoms with van der Waals surface area (Å²) in [5.41, 5.74) is 1.66. The molecule has 0 aliphatic carbocycles. The summed E-state index contributed by atoms with van der Waals surface area (Å²) in [5.74, 6) is -2.53. The lowest BCUT2D eigenvalue weighted by Crippen LogP contribution is -2.07. The molecule has 2 aromatic carbocycles. The maximum atomic E-state index is 14.0. The van der Waals surface area contributed by atoms with E-state index in [9.17, 15) is 13.6 Å². The standard InChI is InChI=1S/C20H11ClF2N2O/c21-13-6-4-11(5-7-13)12-8-14-15(10-25-20(14)24-9-12)19(26)18-16(22)2-1-3-17(18)23/h1-10H,(H,24,25). The maximum Gasteiger partial charge on any atom is 0.201 e. The highest BCUT2D eigenvalue weighted by Gasteiger charge is 2.22. The molecule has 4 aromatic rings. The number of hydrogen-bond acceptors (Lipinski definition) is 2. The number of pyridine rings is 1. The molecule has 0 atom stereocenters. The van der Waals surface area contributed by atoms with Crippen molar-refractivity contribution in [2.45, 2.75) is 0 Å². The number of fused-ring (bicyclic) bond motifs is 1.